The van der Waals surface area contributed by atoms with Gasteiger partial charge in [0, 0.05) is 17.1 Å². The molecule has 0 saturated heterocycles. The van der Waals surface area contributed by atoms with Crippen LogP contribution in [0.5, 0.6) is 0 Å². The molecule has 0 radical (unpaired) electrons. The van der Waals surface area contributed by atoms with Crippen LogP contribution in [0.25, 0.3) is 71.0 Å². The molecule has 0 N–H and O–H groups in total. The highest BCUT2D eigenvalue weighted by molar-refractivity contribution is 6.25. The van der Waals surface area contributed by atoms with Gasteiger partial charge in [-0.25, -0.2) is 0 Å². The summed E-state index contributed by atoms with van der Waals surface area (Å²) in [4.78, 5) is 2.29. The van der Waals surface area contributed by atoms with E-state index >= 15 is 0 Å². The van der Waals surface area contributed by atoms with Crippen LogP contribution in [0, 0.1) is 6.92 Å². The van der Waals surface area contributed by atoms with Gasteiger partial charge in [0.25, 0.3) is 0 Å². The number of fused-ring (bicyclic) bond motifs is 1. The van der Waals surface area contributed by atoms with Crippen LogP contribution in [-0.2, 0) is 0 Å². The quantitative estimate of drug-likeness (QED) is 0.169. The summed E-state index contributed by atoms with van der Waals surface area (Å²) in [7, 11) is 0. The van der Waals surface area contributed by atoms with E-state index in [0.29, 0.717) is 0 Å². The molecule has 0 saturated carbocycles. The first-order valence-electron chi connectivity index (χ1n) is 16.5. The molecule has 0 unspecified atom stereocenters. The zero-order chi connectivity index (χ0) is 32.2. The van der Waals surface area contributed by atoms with E-state index < -0.39 is 0 Å². The molecule has 0 amide bonds. The third kappa shape index (κ3) is 4.63. The molecule has 9 aromatic carbocycles. The largest absolute Gasteiger partial charge is 0.310 e. The smallest absolute Gasteiger partial charge is 0.0491 e. The van der Waals surface area contributed by atoms with Crippen LogP contribution in [0.3, 0.4) is 0 Å². The van der Waals surface area contributed by atoms with Crippen molar-refractivity contribution < 1.29 is 0 Å². The number of anilines is 2. The molecule has 0 bridgehead atoms. The van der Waals surface area contributed by atoms with E-state index in [4.69, 9.17) is 0 Å². The molecule has 0 aromatic heterocycles. The average molecular weight is 612 g/mol. The van der Waals surface area contributed by atoms with E-state index in [1.807, 2.05) is 0 Å². The van der Waals surface area contributed by atoms with Crippen molar-refractivity contribution >= 4 is 60.2 Å². The monoisotopic (exact) mass is 611 g/mol. The Hall–Kier alpha value is -6.18. The Morgan fingerprint density at radius 2 is 1.06 bits per heavy atom. The Labute approximate surface area is 281 Å². The lowest BCUT2D eigenvalue weighted by molar-refractivity contribution is 1.26. The number of aryl methyl sites for hydroxylation is 1. The summed E-state index contributed by atoms with van der Waals surface area (Å²) < 4.78 is 0. The first-order chi connectivity index (χ1) is 23.6. The highest BCUT2D eigenvalue weighted by atomic mass is 15.1. The van der Waals surface area contributed by atoms with Gasteiger partial charge in [-0.2, -0.15) is 0 Å². The molecule has 1 nitrogen and oxygen atoms in total. The number of benzene rings is 9. The predicted molar refractivity (Wildman–Crippen MR) is 207 cm³/mol. The van der Waals surface area contributed by atoms with Crippen LogP contribution in [-0.4, -0.2) is 0 Å². The summed E-state index contributed by atoms with van der Waals surface area (Å²) in [5.41, 5.74) is 10.3. The third-order valence-electron chi connectivity index (χ3n) is 9.86. The molecule has 0 aliphatic carbocycles. The van der Waals surface area contributed by atoms with Crippen molar-refractivity contribution in [2.45, 2.75) is 6.92 Å². The molecule has 226 valence electrons. The molecular weight excluding hydrogens is 579 g/mol. The van der Waals surface area contributed by atoms with Crippen LogP contribution >= 0.6 is 0 Å². The minimum absolute atomic E-state index is 0.938. The molecular formula is C47H33N. The zero-order valence-electron chi connectivity index (χ0n) is 26.8. The SMILES string of the molecule is C=C(c1ccccc1)N(c1ccc(-c2ccc3ccccc3c2)cc1)c1ccc(-c2ccc3ccc4cccc5ccc2c3c45)cc1C. The Morgan fingerprint density at radius 1 is 0.458 bits per heavy atom. The Morgan fingerprint density at radius 3 is 1.83 bits per heavy atom. The second kappa shape index (κ2) is 11.3. The maximum atomic E-state index is 4.63. The van der Waals surface area contributed by atoms with E-state index in [0.717, 1.165) is 22.6 Å². The van der Waals surface area contributed by atoms with Gasteiger partial charge in [0.2, 0.25) is 0 Å². The molecule has 0 aliphatic heterocycles. The highest BCUT2D eigenvalue weighted by Gasteiger charge is 2.19. The van der Waals surface area contributed by atoms with Gasteiger partial charge in [0.05, 0.1) is 0 Å². The van der Waals surface area contributed by atoms with Crippen molar-refractivity contribution in [2.75, 3.05) is 4.90 Å². The van der Waals surface area contributed by atoms with Crippen LogP contribution < -0.4 is 4.90 Å². The lowest BCUT2D eigenvalue weighted by atomic mass is 9.89. The second-order valence-electron chi connectivity index (χ2n) is 12.7. The fraction of sp³-hybridized carbons (Fsp3) is 0.0213. The second-order valence-corrected chi connectivity index (χ2v) is 12.7. The minimum Gasteiger partial charge on any atom is -0.310 e. The van der Waals surface area contributed by atoms with Crippen molar-refractivity contribution in [2.24, 2.45) is 0 Å². The lowest BCUT2D eigenvalue weighted by Crippen LogP contribution is -2.16. The van der Waals surface area contributed by atoms with Crippen molar-refractivity contribution in [3.63, 3.8) is 0 Å². The van der Waals surface area contributed by atoms with Crippen LogP contribution in [0.15, 0.2) is 176 Å². The van der Waals surface area contributed by atoms with E-state index in [1.165, 1.54) is 70.9 Å². The normalized spacial score (nSPS) is 11.5. The molecule has 0 fully saturated rings. The van der Waals surface area contributed by atoms with Crippen LogP contribution in [0.1, 0.15) is 11.1 Å². The van der Waals surface area contributed by atoms with Gasteiger partial charge in [-0.05, 0) is 114 Å². The number of hydrogen-bond donors (Lipinski definition) is 0. The van der Waals surface area contributed by atoms with Crippen molar-refractivity contribution in [3.8, 4) is 22.3 Å². The summed E-state index contributed by atoms with van der Waals surface area (Å²) in [6, 6.07) is 61.6. The first-order valence-corrected chi connectivity index (χ1v) is 16.5. The van der Waals surface area contributed by atoms with E-state index in [9.17, 15) is 0 Å². The van der Waals surface area contributed by atoms with Gasteiger partial charge < -0.3 is 4.90 Å². The molecule has 0 aliphatic rings. The Balaban J connectivity index is 1.14. The van der Waals surface area contributed by atoms with Gasteiger partial charge in [-0.3, -0.25) is 0 Å². The summed E-state index contributed by atoms with van der Waals surface area (Å²) >= 11 is 0. The molecule has 0 atom stereocenters. The number of hydrogen-bond acceptors (Lipinski definition) is 1. The van der Waals surface area contributed by atoms with Gasteiger partial charge in [-0.15, -0.1) is 0 Å². The molecule has 0 heterocycles. The van der Waals surface area contributed by atoms with Gasteiger partial charge in [-0.1, -0.05) is 146 Å². The highest BCUT2D eigenvalue weighted by Crippen LogP contribution is 2.42. The molecule has 9 aromatic rings. The summed E-state index contributed by atoms with van der Waals surface area (Å²) in [5.74, 6) is 0. The van der Waals surface area contributed by atoms with Crippen molar-refractivity contribution in [1.82, 2.24) is 0 Å². The summed E-state index contributed by atoms with van der Waals surface area (Å²) in [5, 5.41) is 10.3. The lowest BCUT2D eigenvalue weighted by Gasteiger charge is -2.29. The van der Waals surface area contributed by atoms with Crippen LogP contribution in [0.4, 0.5) is 11.4 Å². The Kier molecular flexibility index (Phi) is 6.59. The first kappa shape index (κ1) is 28.1. The molecule has 48 heavy (non-hydrogen) atoms. The number of rotatable bonds is 6. The minimum atomic E-state index is 0.938. The van der Waals surface area contributed by atoms with Crippen molar-refractivity contribution in [1.29, 1.82) is 0 Å². The summed E-state index contributed by atoms with van der Waals surface area (Å²) in [6.45, 7) is 6.84. The van der Waals surface area contributed by atoms with Gasteiger partial charge >= 0.3 is 0 Å². The van der Waals surface area contributed by atoms with Gasteiger partial charge in [0.1, 0.15) is 0 Å². The molecule has 1 heteroatoms. The molecule has 0 spiro atoms. The third-order valence-corrected chi connectivity index (χ3v) is 9.86. The molecule has 9 rings (SSSR count). The van der Waals surface area contributed by atoms with E-state index in [1.54, 1.807) is 0 Å². The average Bonchev–Trinajstić information content (AvgIpc) is 3.15. The fourth-order valence-corrected chi connectivity index (χ4v) is 7.43. The maximum Gasteiger partial charge on any atom is 0.0491 e. The van der Waals surface area contributed by atoms with Crippen molar-refractivity contribution in [3.05, 3.63) is 188 Å². The fourth-order valence-electron chi connectivity index (χ4n) is 7.43. The van der Waals surface area contributed by atoms with E-state index in [2.05, 4.69) is 188 Å². The predicted octanol–water partition coefficient (Wildman–Crippen LogP) is 13.2. The maximum absolute atomic E-state index is 4.63. The topological polar surface area (TPSA) is 3.24 Å². The standard InChI is InChI=1S/C47H33N/c1-31-29-41(43-26-21-38-17-16-36-13-8-14-37-22-27-44(43)47(38)46(36)37)23-28-45(31)48(32(2)33-9-4-3-5-10-33)42-24-19-35(20-25-42)40-18-15-34-11-6-7-12-39(34)30-40/h3-30H,2H2,1H3. The zero-order valence-corrected chi connectivity index (χ0v) is 26.8. The van der Waals surface area contributed by atoms with Gasteiger partial charge in [0.15, 0.2) is 0 Å². The van der Waals surface area contributed by atoms with E-state index in [-0.39, 0.29) is 0 Å². The number of nitrogens with zero attached hydrogens (tertiary/aromatic N) is 1. The summed E-state index contributed by atoms with van der Waals surface area (Å²) in [6.07, 6.45) is 0. The van der Waals surface area contributed by atoms with Crippen LogP contribution in [0.2, 0.25) is 0 Å². The Bertz CT molecular complexity index is 2610.